The smallest absolute Gasteiger partial charge is 0.305 e. The largest absolute Gasteiger partial charge is 0.466 e. The quantitative estimate of drug-likeness (QED) is 0.206. The molecule has 1 heterocycles. The SMILES string of the molecule is CCOC(=O)CCCC(=O)c1ccc(NC(CC(C)C)c2ccc(-c3noc(C(C)(C)C)n3)cc2)cc1. The van der Waals surface area contributed by atoms with Crippen molar-refractivity contribution in [3.05, 3.63) is 65.5 Å². The molecule has 1 N–H and O–H groups in total. The molecule has 37 heavy (non-hydrogen) atoms. The van der Waals surface area contributed by atoms with Crippen LogP contribution < -0.4 is 5.32 Å². The molecule has 0 radical (unpaired) electrons. The molecule has 0 aliphatic carbocycles. The van der Waals surface area contributed by atoms with Gasteiger partial charge in [0.15, 0.2) is 5.78 Å². The van der Waals surface area contributed by atoms with Crippen molar-refractivity contribution in [2.24, 2.45) is 5.92 Å². The van der Waals surface area contributed by atoms with Gasteiger partial charge in [-0.1, -0.05) is 64.0 Å². The van der Waals surface area contributed by atoms with Crippen LogP contribution in [0.25, 0.3) is 11.4 Å². The lowest BCUT2D eigenvalue weighted by Crippen LogP contribution is -2.13. The lowest BCUT2D eigenvalue weighted by atomic mass is 9.95. The molecule has 7 heteroatoms. The van der Waals surface area contributed by atoms with E-state index in [1.807, 2.05) is 57.2 Å². The van der Waals surface area contributed by atoms with Gasteiger partial charge in [0.25, 0.3) is 0 Å². The van der Waals surface area contributed by atoms with E-state index < -0.39 is 0 Å². The van der Waals surface area contributed by atoms with Crippen molar-refractivity contribution in [2.45, 2.75) is 78.7 Å². The Labute approximate surface area is 220 Å². The number of hydrogen-bond donors (Lipinski definition) is 1. The zero-order valence-corrected chi connectivity index (χ0v) is 22.8. The van der Waals surface area contributed by atoms with Gasteiger partial charge in [-0.2, -0.15) is 4.98 Å². The number of nitrogens with zero attached hydrogens (tertiary/aromatic N) is 2. The maximum Gasteiger partial charge on any atom is 0.305 e. The van der Waals surface area contributed by atoms with Crippen molar-refractivity contribution in [1.82, 2.24) is 10.1 Å². The van der Waals surface area contributed by atoms with Crippen molar-refractivity contribution in [3.8, 4) is 11.4 Å². The van der Waals surface area contributed by atoms with E-state index in [4.69, 9.17) is 9.26 Å². The highest BCUT2D eigenvalue weighted by Gasteiger charge is 2.22. The number of benzene rings is 2. The topological polar surface area (TPSA) is 94.3 Å². The van der Waals surface area contributed by atoms with Crippen molar-refractivity contribution in [1.29, 1.82) is 0 Å². The molecule has 3 aromatic rings. The number of ketones is 1. The average molecular weight is 506 g/mol. The molecule has 0 amide bonds. The molecule has 1 aromatic heterocycles. The van der Waals surface area contributed by atoms with Gasteiger partial charge in [0.05, 0.1) is 12.6 Å². The minimum Gasteiger partial charge on any atom is -0.466 e. The normalized spacial score (nSPS) is 12.4. The number of rotatable bonds is 12. The van der Waals surface area contributed by atoms with Crippen molar-refractivity contribution >= 4 is 17.4 Å². The molecule has 198 valence electrons. The number of ether oxygens (including phenoxy) is 1. The van der Waals surface area contributed by atoms with Gasteiger partial charge in [-0.15, -0.1) is 0 Å². The van der Waals surface area contributed by atoms with Gasteiger partial charge in [-0.05, 0) is 55.5 Å². The molecule has 1 atom stereocenters. The predicted octanol–water partition coefficient (Wildman–Crippen LogP) is 7.15. The summed E-state index contributed by atoms with van der Waals surface area (Å²) in [6.07, 6.45) is 2.03. The molecule has 0 fully saturated rings. The summed E-state index contributed by atoms with van der Waals surface area (Å²) >= 11 is 0. The second-order valence-electron chi connectivity index (χ2n) is 10.8. The lowest BCUT2D eigenvalue weighted by Gasteiger charge is -2.22. The number of carbonyl (C=O) groups is 2. The molecule has 0 spiro atoms. The number of aromatic nitrogens is 2. The number of hydrogen-bond acceptors (Lipinski definition) is 7. The van der Waals surface area contributed by atoms with Gasteiger partial charge in [0.2, 0.25) is 11.7 Å². The molecule has 0 aliphatic rings. The van der Waals surface area contributed by atoms with Crippen LogP contribution in [0.15, 0.2) is 53.1 Å². The summed E-state index contributed by atoms with van der Waals surface area (Å²) in [4.78, 5) is 28.5. The third-order valence-electron chi connectivity index (χ3n) is 5.98. The van der Waals surface area contributed by atoms with Gasteiger partial charge in [0.1, 0.15) is 0 Å². The first-order valence-electron chi connectivity index (χ1n) is 13.1. The van der Waals surface area contributed by atoms with Crippen molar-refractivity contribution in [2.75, 3.05) is 11.9 Å². The summed E-state index contributed by atoms with van der Waals surface area (Å²) < 4.78 is 10.4. The molecule has 3 rings (SSSR count). The Kier molecular flexibility index (Phi) is 9.61. The molecular formula is C30H39N3O4. The van der Waals surface area contributed by atoms with Crippen LogP contribution in [0.1, 0.15) is 95.1 Å². The summed E-state index contributed by atoms with van der Waals surface area (Å²) in [6, 6.07) is 15.9. The first kappa shape index (κ1) is 28.1. The number of esters is 1. The molecule has 0 saturated heterocycles. The third-order valence-corrected chi connectivity index (χ3v) is 5.98. The molecule has 7 nitrogen and oxygen atoms in total. The minimum absolute atomic E-state index is 0.0289. The number of anilines is 1. The number of Topliss-reactive ketones (excluding diaryl/α,β-unsaturated/α-hetero) is 1. The van der Waals surface area contributed by atoms with E-state index in [1.54, 1.807) is 6.92 Å². The summed E-state index contributed by atoms with van der Waals surface area (Å²) in [5.74, 6) is 1.47. The molecular weight excluding hydrogens is 466 g/mol. The summed E-state index contributed by atoms with van der Waals surface area (Å²) in [5, 5.41) is 7.78. The zero-order chi connectivity index (χ0) is 27.0. The Morgan fingerprint density at radius 1 is 1.00 bits per heavy atom. The fraction of sp³-hybridized carbons (Fsp3) is 0.467. The monoisotopic (exact) mass is 505 g/mol. The van der Waals surface area contributed by atoms with Gasteiger partial charge >= 0.3 is 5.97 Å². The highest BCUT2D eigenvalue weighted by atomic mass is 16.5. The molecule has 2 aromatic carbocycles. The molecule has 0 bridgehead atoms. The van der Waals surface area contributed by atoms with Gasteiger partial charge < -0.3 is 14.6 Å². The maximum atomic E-state index is 12.5. The van der Waals surface area contributed by atoms with Gasteiger partial charge in [-0.25, -0.2) is 0 Å². The predicted molar refractivity (Wildman–Crippen MR) is 146 cm³/mol. The van der Waals surface area contributed by atoms with E-state index in [0.29, 0.717) is 42.6 Å². The third kappa shape index (κ3) is 8.27. The molecule has 0 saturated carbocycles. The van der Waals surface area contributed by atoms with Crippen LogP contribution in [0.5, 0.6) is 0 Å². The Balaban J connectivity index is 1.66. The van der Waals surface area contributed by atoms with Crippen LogP contribution in [0, 0.1) is 5.92 Å². The average Bonchev–Trinajstić information content (AvgIpc) is 3.35. The molecule has 0 aliphatic heterocycles. The van der Waals surface area contributed by atoms with E-state index in [2.05, 4.69) is 41.4 Å². The summed E-state index contributed by atoms with van der Waals surface area (Å²) in [7, 11) is 0. The Bertz CT molecular complexity index is 1160. The first-order valence-corrected chi connectivity index (χ1v) is 13.1. The summed E-state index contributed by atoms with van der Waals surface area (Å²) in [5.41, 5.74) is 3.48. The van der Waals surface area contributed by atoms with Crippen molar-refractivity contribution < 1.29 is 18.8 Å². The van der Waals surface area contributed by atoms with Gasteiger partial charge in [-0.3, -0.25) is 9.59 Å². The van der Waals surface area contributed by atoms with Crippen LogP contribution in [0.2, 0.25) is 0 Å². The fourth-order valence-electron chi connectivity index (χ4n) is 3.98. The standard InChI is InChI=1S/C30H39N3O4/c1-7-36-27(35)10-8-9-26(34)22-15-17-24(18-16-22)31-25(19-20(2)3)21-11-13-23(14-12-21)28-32-29(37-33-28)30(4,5)6/h11-18,20,25,31H,7-10,19H2,1-6H3. The van der Waals surface area contributed by atoms with E-state index >= 15 is 0 Å². The summed E-state index contributed by atoms with van der Waals surface area (Å²) in [6.45, 7) is 12.7. The van der Waals surface area contributed by atoms with E-state index in [-0.39, 0.29) is 29.6 Å². The van der Waals surface area contributed by atoms with Gasteiger partial charge in [0, 0.05) is 35.1 Å². The zero-order valence-electron chi connectivity index (χ0n) is 22.8. The van der Waals surface area contributed by atoms with E-state index in [1.165, 1.54) is 0 Å². The van der Waals surface area contributed by atoms with Crippen LogP contribution in [0.4, 0.5) is 5.69 Å². The second kappa shape index (κ2) is 12.7. The van der Waals surface area contributed by atoms with Crippen LogP contribution in [-0.4, -0.2) is 28.5 Å². The first-order chi connectivity index (χ1) is 17.6. The van der Waals surface area contributed by atoms with E-state index in [0.717, 1.165) is 23.2 Å². The minimum atomic E-state index is -0.258. The second-order valence-corrected chi connectivity index (χ2v) is 10.8. The fourth-order valence-corrected chi connectivity index (χ4v) is 3.98. The Morgan fingerprint density at radius 2 is 1.68 bits per heavy atom. The van der Waals surface area contributed by atoms with Crippen LogP contribution in [-0.2, 0) is 14.9 Å². The number of carbonyl (C=O) groups excluding carboxylic acids is 2. The van der Waals surface area contributed by atoms with E-state index in [9.17, 15) is 9.59 Å². The van der Waals surface area contributed by atoms with Crippen LogP contribution >= 0.6 is 0 Å². The Hall–Kier alpha value is -3.48. The molecule has 1 unspecified atom stereocenters. The number of nitrogens with one attached hydrogen (secondary N) is 1. The Morgan fingerprint density at radius 3 is 2.24 bits per heavy atom. The highest BCUT2D eigenvalue weighted by Crippen LogP contribution is 2.29. The van der Waals surface area contributed by atoms with Crippen molar-refractivity contribution in [3.63, 3.8) is 0 Å². The highest BCUT2D eigenvalue weighted by molar-refractivity contribution is 5.96. The lowest BCUT2D eigenvalue weighted by molar-refractivity contribution is -0.143. The van der Waals surface area contributed by atoms with Crippen LogP contribution in [0.3, 0.4) is 0 Å². The maximum absolute atomic E-state index is 12.5.